The summed E-state index contributed by atoms with van der Waals surface area (Å²) in [5.41, 5.74) is 4.80. The Morgan fingerprint density at radius 3 is 2.26 bits per heavy atom. The second-order valence-electron chi connectivity index (χ2n) is 9.94. The number of hydrogen-bond acceptors (Lipinski definition) is 7. The largest absolute Gasteiger partial charge is 0.354 e. The van der Waals surface area contributed by atoms with Gasteiger partial charge in [0.2, 0.25) is 0 Å². The first-order valence-electron chi connectivity index (χ1n) is 13.4. The Hall–Kier alpha value is -3.52. The quantitative estimate of drug-likeness (QED) is 0.263. The van der Waals surface area contributed by atoms with Crippen LogP contribution in [-0.4, -0.2) is 69.0 Å². The summed E-state index contributed by atoms with van der Waals surface area (Å²) in [7, 11) is 0. The molecular weight excluding hydrogens is 488 g/mol. The standard InChI is InChI=1S/C31H34N6S/c1-22(3-9-30(32-2)36-15-11-33-12-16-36)23-4-7-28-26(19-23)27-20-24(5-8-29(27)38-28)25-6-10-31(35-21-25)37-17-13-34-14-18-37/h3-10,19-21,33-34H,2,11-18H2,1H3/b22-3+,30-9+. The molecule has 194 valence electrons. The number of benzene rings is 2. The molecule has 0 saturated carbocycles. The number of piperazine rings is 2. The summed E-state index contributed by atoms with van der Waals surface area (Å²) >= 11 is 1.85. The number of hydrogen-bond donors (Lipinski definition) is 2. The zero-order valence-corrected chi connectivity index (χ0v) is 22.7. The highest BCUT2D eigenvalue weighted by molar-refractivity contribution is 7.25. The molecule has 0 atom stereocenters. The van der Waals surface area contributed by atoms with Crippen LogP contribution in [0.25, 0.3) is 36.9 Å². The number of nitrogens with one attached hydrogen (secondary N) is 2. The number of allylic oxidation sites excluding steroid dienone is 3. The normalized spacial score (nSPS) is 17.4. The van der Waals surface area contributed by atoms with Gasteiger partial charge in [-0.1, -0.05) is 18.2 Å². The molecule has 0 unspecified atom stereocenters. The lowest BCUT2D eigenvalue weighted by Crippen LogP contribution is -2.43. The number of nitrogens with zero attached hydrogens (tertiary/aromatic N) is 4. The second-order valence-corrected chi connectivity index (χ2v) is 11.0. The lowest BCUT2D eigenvalue weighted by molar-refractivity contribution is 0.297. The molecule has 2 saturated heterocycles. The van der Waals surface area contributed by atoms with Crippen molar-refractivity contribution in [2.45, 2.75) is 6.92 Å². The van der Waals surface area contributed by atoms with Crippen molar-refractivity contribution < 1.29 is 0 Å². The fraction of sp³-hybridized carbons (Fsp3) is 0.290. The van der Waals surface area contributed by atoms with Crippen molar-refractivity contribution >= 4 is 49.6 Å². The first kappa shape index (κ1) is 24.8. The number of aromatic nitrogens is 1. The molecule has 7 heteroatoms. The first-order valence-corrected chi connectivity index (χ1v) is 14.2. The number of rotatable bonds is 6. The van der Waals surface area contributed by atoms with E-state index in [0.717, 1.165) is 69.6 Å². The molecule has 0 radical (unpaired) electrons. The molecular formula is C31H34N6S. The number of pyridine rings is 1. The Labute approximate surface area is 228 Å². The third-order valence-electron chi connectivity index (χ3n) is 7.53. The van der Waals surface area contributed by atoms with Gasteiger partial charge in [0.1, 0.15) is 11.6 Å². The zero-order valence-electron chi connectivity index (χ0n) is 21.9. The molecule has 0 amide bonds. The van der Waals surface area contributed by atoms with Gasteiger partial charge in [-0.3, -0.25) is 0 Å². The molecule has 4 aromatic rings. The molecule has 0 bridgehead atoms. The molecule has 2 N–H and O–H groups in total. The van der Waals surface area contributed by atoms with Crippen LogP contribution in [0.1, 0.15) is 12.5 Å². The van der Waals surface area contributed by atoms with E-state index in [2.05, 4.69) is 99.8 Å². The molecule has 2 aromatic heterocycles. The highest BCUT2D eigenvalue weighted by Gasteiger charge is 2.13. The van der Waals surface area contributed by atoms with E-state index in [1.54, 1.807) is 0 Å². The van der Waals surface area contributed by atoms with E-state index < -0.39 is 0 Å². The smallest absolute Gasteiger partial charge is 0.128 e. The van der Waals surface area contributed by atoms with Gasteiger partial charge in [0, 0.05) is 84.3 Å². The molecule has 0 aliphatic carbocycles. The lowest BCUT2D eigenvalue weighted by atomic mass is 10.0. The zero-order chi connectivity index (χ0) is 25.9. The molecule has 6 rings (SSSR count). The van der Waals surface area contributed by atoms with Crippen molar-refractivity contribution in [3.63, 3.8) is 0 Å². The summed E-state index contributed by atoms with van der Waals surface area (Å²) in [5, 5.41) is 9.40. The van der Waals surface area contributed by atoms with E-state index in [1.165, 1.54) is 36.9 Å². The molecule has 2 aliphatic heterocycles. The van der Waals surface area contributed by atoms with Crippen molar-refractivity contribution in [2.75, 3.05) is 57.3 Å². The van der Waals surface area contributed by atoms with Gasteiger partial charge in [0.15, 0.2) is 0 Å². The molecule has 6 nitrogen and oxygen atoms in total. The van der Waals surface area contributed by atoms with Gasteiger partial charge in [0.25, 0.3) is 0 Å². The molecule has 2 fully saturated rings. The number of anilines is 1. The third-order valence-corrected chi connectivity index (χ3v) is 8.68. The van der Waals surface area contributed by atoms with E-state index in [1.807, 2.05) is 17.5 Å². The summed E-state index contributed by atoms with van der Waals surface area (Å²) in [6, 6.07) is 18.0. The van der Waals surface area contributed by atoms with Crippen LogP contribution in [0.4, 0.5) is 5.82 Å². The summed E-state index contributed by atoms with van der Waals surface area (Å²) in [6.07, 6.45) is 6.28. The van der Waals surface area contributed by atoms with E-state index >= 15 is 0 Å². The molecule has 2 aliphatic rings. The van der Waals surface area contributed by atoms with Gasteiger partial charge in [-0.15, -0.1) is 11.3 Å². The number of fused-ring (bicyclic) bond motifs is 3. The second kappa shape index (κ2) is 11.1. The highest BCUT2D eigenvalue weighted by Crippen LogP contribution is 2.37. The predicted molar refractivity (Wildman–Crippen MR) is 163 cm³/mol. The van der Waals surface area contributed by atoms with Crippen molar-refractivity contribution in [3.05, 3.63) is 78.3 Å². The van der Waals surface area contributed by atoms with E-state index in [9.17, 15) is 0 Å². The fourth-order valence-corrected chi connectivity index (χ4v) is 6.35. The van der Waals surface area contributed by atoms with E-state index in [0.29, 0.717) is 0 Å². The maximum absolute atomic E-state index is 4.79. The fourth-order valence-electron chi connectivity index (χ4n) is 5.29. The van der Waals surface area contributed by atoms with E-state index in [-0.39, 0.29) is 0 Å². The maximum atomic E-state index is 4.79. The van der Waals surface area contributed by atoms with Crippen LogP contribution in [-0.2, 0) is 0 Å². The van der Waals surface area contributed by atoms with Gasteiger partial charge < -0.3 is 20.4 Å². The average Bonchev–Trinajstić information content (AvgIpc) is 3.36. The molecule has 2 aromatic carbocycles. The number of thiophene rings is 1. The molecule has 38 heavy (non-hydrogen) atoms. The number of aliphatic imine (C=N–C) groups is 1. The van der Waals surface area contributed by atoms with E-state index in [4.69, 9.17) is 4.98 Å². The lowest BCUT2D eigenvalue weighted by Gasteiger charge is -2.29. The van der Waals surface area contributed by atoms with Gasteiger partial charge in [-0.05, 0) is 72.8 Å². The van der Waals surface area contributed by atoms with Crippen LogP contribution in [0.3, 0.4) is 0 Å². The Morgan fingerprint density at radius 2 is 1.55 bits per heavy atom. The molecule has 0 spiro atoms. The Morgan fingerprint density at radius 1 is 0.868 bits per heavy atom. The summed E-state index contributed by atoms with van der Waals surface area (Å²) in [6.45, 7) is 13.9. The third kappa shape index (κ3) is 5.10. The van der Waals surface area contributed by atoms with Crippen LogP contribution in [0.15, 0.2) is 77.7 Å². The Bertz CT molecular complexity index is 1500. The topological polar surface area (TPSA) is 55.8 Å². The monoisotopic (exact) mass is 522 g/mol. The predicted octanol–water partition coefficient (Wildman–Crippen LogP) is 5.38. The minimum absolute atomic E-state index is 0.939. The van der Waals surface area contributed by atoms with Crippen LogP contribution in [0.2, 0.25) is 0 Å². The SMILES string of the molecule is C=N/C(=C\C=C(/C)c1ccc2sc3ccc(-c4ccc(N5CCNCC5)nc4)cc3c2c1)N1CCNCC1. The van der Waals surface area contributed by atoms with Crippen molar-refractivity contribution in [1.82, 2.24) is 20.5 Å². The van der Waals surface area contributed by atoms with Crippen molar-refractivity contribution in [1.29, 1.82) is 0 Å². The van der Waals surface area contributed by atoms with Gasteiger partial charge in [0.05, 0.1) is 0 Å². The minimum Gasteiger partial charge on any atom is -0.354 e. The van der Waals surface area contributed by atoms with Crippen molar-refractivity contribution in [2.24, 2.45) is 4.99 Å². The van der Waals surface area contributed by atoms with Gasteiger partial charge in [-0.2, -0.15) is 0 Å². The van der Waals surface area contributed by atoms with Gasteiger partial charge >= 0.3 is 0 Å². The first-order chi connectivity index (χ1) is 18.7. The Kier molecular flexibility index (Phi) is 7.22. The summed E-state index contributed by atoms with van der Waals surface area (Å²) < 4.78 is 2.62. The summed E-state index contributed by atoms with van der Waals surface area (Å²) in [4.78, 5) is 13.7. The van der Waals surface area contributed by atoms with Gasteiger partial charge in [-0.25, -0.2) is 9.98 Å². The van der Waals surface area contributed by atoms with Crippen LogP contribution < -0.4 is 15.5 Å². The van der Waals surface area contributed by atoms with Crippen LogP contribution >= 0.6 is 11.3 Å². The van der Waals surface area contributed by atoms with Crippen molar-refractivity contribution in [3.8, 4) is 11.1 Å². The maximum Gasteiger partial charge on any atom is 0.128 e. The summed E-state index contributed by atoms with van der Waals surface area (Å²) in [5.74, 6) is 2.00. The average molecular weight is 523 g/mol. The van der Waals surface area contributed by atoms with Crippen LogP contribution in [0.5, 0.6) is 0 Å². The minimum atomic E-state index is 0.939. The van der Waals surface area contributed by atoms with Crippen LogP contribution in [0, 0.1) is 0 Å². The Balaban J connectivity index is 1.29. The molecule has 4 heterocycles. The highest BCUT2D eigenvalue weighted by atomic mass is 32.1.